The third-order valence-corrected chi connectivity index (χ3v) is 2.99. The lowest BCUT2D eigenvalue weighted by atomic mass is 9.99. The number of anilines is 1. The first-order valence-electron chi connectivity index (χ1n) is 6.17. The lowest BCUT2D eigenvalue weighted by Gasteiger charge is -2.16. The molecule has 0 aliphatic carbocycles. The van der Waals surface area contributed by atoms with Crippen molar-refractivity contribution in [3.63, 3.8) is 0 Å². The number of benzene rings is 1. The minimum atomic E-state index is -0.902. The molecule has 2 rings (SSSR count). The highest BCUT2D eigenvalue weighted by atomic mass is 16.2. The molecule has 0 bridgehead atoms. The Labute approximate surface area is 120 Å². The molecule has 21 heavy (non-hydrogen) atoms. The van der Waals surface area contributed by atoms with E-state index in [1.54, 1.807) is 12.1 Å². The Kier molecular flexibility index (Phi) is 3.84. The smallest absolute Gasteiger partial charge is 0.278 e. The van der Waals surface area contributed by atoms with E-state index in [0.717, 1.165) is 5.56 Å². The van der Waals surface area contributed by atoms with E-state index in [1.165, 1.54) is 6.92 Å². The number of primary amides is 1. The second-order valence-electron chi connectivity index (χ2n) is 4.59. The fourth-order valence-corrected chi connectivity index (χ4v) is 1.86. The Morgan fingerprint density at radius 2 is 1.76 bits per heavy atom. The molecule has 7 heteroatoms. The molecule has 4 N–H and O–H groups in total. The molecule has 0 saturated carbocycles. The summed E-state index contributed by atoms with van der Waals surface area (Å²) in [6.45, 7) is 3.40. The summed E-state index contributed by atoms with van der Waals surface area (Å²) in [4.78, 5) is 34.6. The van der Waals surface area contributed by atoms with Gasteiger partial charge in [-0.1, -0.05) is 17.7 Å². The van der Waals surface area contributed by atoms with Crippen LogP contribution in [0.4, 0.5) is 5.69 Å². The van der Waals surface area contributed by atoms with Crippen LogP contribution in [-0.2, 0) is 14.4 Å². The molecule has 0 saturated heterocycles. The van der Waals surface area contributed by atoms with Crippen molar-refractivity contribution < 1.29 is 14.4 Å². The van der Waals surface area contributed by atoms with Gasteiger partial charge in [-0.15, -0.1) is 0 Å². The quantitative estimate of drug-likeness (QED) is 0.419. The molecule has 0 radical (unpaired) electrons. The number of aryl methyl sites for hydroxylation is 1. The number of hydrazone groups is 1. The lowest BCUT2D eigenvalue weighted by Crippen LogP contribution is -2.46. The molecular weight excluding hydrogens is 272 g/mol. The van der Waals surface area contributed by atoms with Gasteiger partial charge in [0.1, 0.15) is 5.57 Å². The van der Waals surface area contributed by atoms with Crippen LogP contribution in [0.15, 0.2) is 40.5 Å². The first-order valence-corrected chi connectivity index (χ1v) is 6.17. The van der Waals surface area contributed by atoms with Crippen LogP contribution in [0.25, 0.3) is 0 Å². The number of hydrogen-bond acceptors (Lipinski definition) is 5. The summed E-state index contributed by atoms with van der Waals surface area (Å²) in [6, 6.07) is 7.34. The summed E-state index contributed by atoms with van der Waals surface area (Å²) in [7, 11) is 0. The summed E-state index contributed by atoms with van der Waals surface area (Å²) >= 11 is 0. The van der Waals surface area contributed by atoms with Gasteiger partial charge in [0.25, 0.3) is 17.7 Å². The van der Waals surface area contributed by atoms with Crippen LogP contribution in [0.5, 0.6) is 0 Å². The van der Waals surface area contributed by atoms with Crippen LogP contribution in [0.3, 0.4) is 0 Å². The number of nitrogens with two attached hydrogens (primary N) is 1. The van der Waals surface area contributed by atoms with E-state index in [-0.39, 0.29) is 16.9 Å². The van der Waals surface area contributed by atoms with Crippen LogP contribution in [0, 0.1) is 6.92 Å². The number of imide groups is 1. The van der Waals surface area contributed by atoms with Gasteiger partial charge in [0.2, 0.25) is 0 Å². The van der Waals surface area contributed by atoms with Crippen molar-refractivity contribution in [2.45, 2.75) is 13.8 Å². The minimum absolute atomic E-state index is 0.0519. The fourth-order valence-electron chi connectivity index (χ4n) is 1.86. The molecule has 0 aromatic heterocycles. The number of carbonyl (C=O) groups is 3. The third kappa shape index (κ3) is 2.97. The molecule has 1 aromatic rings. The Morgan fingerprint density at radius 1 is 1.14 bits per heavy atom. The summed E-state index contributed by atoms with van der Waals surface area (Å²) < 4.78 is 0. The van der Waals surface area contributed by atoms with Gasteiger partial charge in [-0.2, -0.15) is 5.10 Å². The molecule has 0 unspecified atom stereocenters. The molecule has 1 heterocycles. The second kappa shape index (κ2) is 5.58. The average Bonchev–Trinajstić information content (AvgIpc) is 2.39. The highest BCUT2D eigenvalue weighted by molar-refractivity contribution is 6.52. The largest absolute Gasteiger partial charge is 0.365 e. The molecule has 1 aliphatic rings. The van der Waals surface area contributed by atoms with E-state index in [0.29, 0.717) is 5.69 Å². The van der Waals surface area contributed by atoms with Gasteiger partial charge in [-0.25, -0.2) is 0 Å². The summed E-state index contributed by atoms with van der Waals surface area (Å²) in [6.07, 6.45) is 0. The predicted octanol–water partition coefficient (Wildman–Crippen LogP) is 0.221. The van der Waals surface area contributed by atoms with Crippen LogP contribution < -0.4 is 16.5 Å². The third-order valence-electron chi connectivity index (χ3n) is 2.99. The van der Waals surface area contributed by atoms with Crippen LogP contribution in [-0.4, -0.2) is 23.4 Å². The molecule has 1 aromatic carbocycles. The molecule has 0 spiro atoms. The number of hydrogen-bond donors (Lipinski definition) is 3. The zero-order valence-corrected chi connectivity index (χ0v) is 11.6. The van der Waals surface area contributed by atoms with Crippen molar-refractivity contribution >= 4 is 29.1 Å². The molecule has 3 amide bonds. The Hall–Kier alpha value is -2.96. The van der Waals surface area contributed by atoms with Gasteiger partial charge in [-0.3, -0.25) is 25.1 Å². The van der Waals surface area contributed by atoms with Crippen molar-refractivity contribution in [1.29, 1.82) is 0 Å². The Morgan fingerprint density at radius 3 is 2.33 bits per heavy atom. The number of nitrogens with zero attached hydrogens (tertiary/aromatic N) is 1. The van der Waals surface area contributed by atoms with E-state index in [2.05, 4.69) is 10.5 Å². The molecular formula is C14H14N4O3. The minimum Gasteiger partial charge on any atom is -0.365 e. The standard InChI is InChI=1S/C14H14N4O3/c1-7-3-5-9(6-4-7)17-18-11-8(2)10(12(15)19)13(20)16-14(11)21/h3-6,17H,1-2H3,(H2,15,19)(H,16,20,21)/b18-11-. The number of rotatable bonds is 3. The highest BCUT2D eigenvalue weighted by Crippen LogP contribution is 2.14. The zero-order chi connectivity index (χ0) is 15.6. The Balaban J connectivity index is 2.34. The monoisotopic (exact) mass is 286 g/mol. The van der Waals surface area contributed by atoms with Crippen molar-refractivity contribution in [1.82, 2.24) is 5.32 Å². The van der Waals surface area contributed by atoms with E-state index < -0.39 is 17.7 Å². The van der Waals surface area contributed by atoms with Crippen LogP contribution in [0.2, 0.25) is 0 Å². The van der Waals surface area contributed by atoms with Crippen molar-refractivity contribution in [3.05, 3.63) is 41.0 Å². The molecule has 108 valence electrons. The number of nitrogens with one attached hydrogen (secondary N) is 2. The maximum Gasteiger partial charge on any atom is 0.278 e. The van der Waals surface area contributed by atoms with Crippen LogP contribution >= 0.6 is 0 Å². The first kappa shape index (κ1) is 14.4. The molecule has 0 fully saturated rings. The van der Waals surface area contributed by atoms with Gasteiger partial charge in [0, 0.05) is 5.57 Å². The van der Waals surface area contributed by atoms with Gasteiger partial charge < -0.3 is 5.73 Å². The van der Waals surface area contributed by atoms with E-state index in [9.17, 15) is 14.4 Å². The molecule has 0 atom stereocenters. The van der Waals surface area contributed by atoms with E-state index in [4.69, 9.17) is 5.73 Å². The first-order chi connectivity index (χ1) is 9.90. The summed E-state index contributed by atoms with van der Waals surface area (Å²) in [5, 5.41) is 5.98. The van der Waals surface area contributed by atoms with Crippen LogP contribution in [0.1, 0.15) is 12.5 Å². The van der Waals surface area contributed by atoms with Gasteiger partial charge in [0.05, 0.1) is 5.69 Å². The van der Waals surface area contributed by atoms with E-state index >= 15 is 0 Å². The number of carbonyl (C=O) groups excluding carboxylic acids is 3. The highest BCUT2D eigenvalue weighted by Gasteiger charge is 2.32. The number of amides is 3. The lowest BCUT2D eigenvalue weighted by molar-refractivity contribution is -0.126. The SMILES string of the molecule is CC1=C(C(N)=O)C(=O)NC(=O)/C1=N\Nc1ccc(C)cc1. The van der Waals surface area contributed by atoms with E-state index in [1.807, 2.05) is 24.4 Å². The fraction of sp³-hybridized carbons (Fsp3) is 0.143. The van der Waals surface area contributed by atoms with Crippen molar-refractivity contribution in [3.8, 4) is 0 Å². The van der Waals surface area contributed by atoms with Gasteiger partial charge >= 0.3 is 0 Å². The maximum absolute atomic E-state index is 11.8. The molecule has 1 aliphatic heterocycles. The summed E-state index contributed by atoms with van der Waals surface area (Å²) in [5.41, 5.74) is 9.43. The van der Waals surface area contributed by atoms with Crippen molar-refractivity contribution in [2.75, 3.05) is 5.43 Å². The Bertz CT molecular complexity index is 687. The van der Waals surface area contributed by atoms with Gasteiger partial charge in [0.15, 0.2) is 5.71 Å². The predicted molar refractivity (Wildman–Crippen MR) is 77.3 cm³/mol. The second-order valence-corrected chi connectivity index (χ2v) is 4.59. The zero-order valence-electron chi connectivity index (χ0n) is 11.6. The molecule has 7 nitrogen and oxygen atoms in total. The van der Waals surface area contributed by atoms with Gasteiger partial charge in [-0.05, 0) is 26.0 Å². The van der Waals surface area contributed by atoms with Crippen molar-refractivity contribution in [2.24, 2.45) is 10.8 Å². The topological polar surface area (TPSA) is 114 Å². The average molecular weight is 286 g/mol. The summed E-state index contributed by atoms with van der Waals surface area (Å²) in [5.74, 6) is -2.39. The normalized spacial score (nSPS) is 17.0. The maximum atomic E-state index is 11.8.